The SMILES string of the molecule is CBr.CC.CC(C)(C)OC(=O)c1cc(C(C)(C)C)n(C(C)(C)C)n1.CN=S.CO.Cc1c(C(=O)OC(C)(C)C)nn(C(C)C)c1C(C)(C)C. The first-order valence-corrected chi connectivity index (χ1v) is 18.6. The number of hydrogen-bond acceptors (Lipinski definition) is 9. The van der Waals surface area contributed by atoms with Gasteiger partial charge in [0.2, 0.25) is 0 Å². The van der Waals surface area contributed by atoms with E-state index < -0.39 is 11.2 Å². The van der Waals surface area contributed by atoms with Crippen LogP contribution in [0.25, 0.3) is 0 Å². The fourth-order valence-electron chi connectivity index (χ4n) is 4.17. The quantitative estimate of drug-likeness (QED) is 0.242. The average Bonchev–Trinajstić information content (AvgIpc) is 3.54. The maximum Gasteiger partial charge on any atom is 0.359 e. The Kier molecular flexibility index (Phi) is 24.7. The molecule has 1 N–H and O–H groups in total. The Hall–Kier alpha value is -2.18. The van der Waals surface area contributed by atoms with Gasteiger partial charge in [0.25, 0.3) is 0 Å². The van der Waals surface area contributed by atoms with E-state index in [4.69, 9.17) is 14.6 Å². The number of carbonyl (C=O) groups excluding carboxylic acids is 2. The minimum atomic E-state index is -0.509. The van der Waals surface area contributed by atoms with Crippen molar-refractivity contribution in [1.29, 1.82) is 0 Å². The molecule has 2 aromatic rings. The molecule has 2 aromatic heterocycles. The Morgan fingerprint density at radius 1 is 0.796 bits per heavy atom. The van der Waals surface area contributed by atoms with E-state index in [2.05, 4.69) is 119 Å². The van der Waals surface area contributed by atoms with Gasteiger partial charge in [0, 0.05) is 60.4 Å². The lowest BCUT2D eigenvalue weighted by Crippen LogP contribution is -2.30. The third kappa shape index (κ3) is 20.3. The summed E-state index contributed by atoms with van der Waals surface area (Å²) >= 11 is 6.96. The first-order valence-electron chi connectivity index (χ1n) is 16.7. The van der Waals surface area contributed by atoms with Gasteiger partial charge < -0.3 is 14.6 Å². The Balaban J connectivity index is -0.000000334. The number of aliphatic hydroxyl groups excluding tert-OH is 1. The van der Waals surface area contributed by atoms with E-state index >= 15 is 0 Å². The van der Waals surface area contributed by atoms with E-state index in [0.29, 0.717) is 11.4 Å². The third-order valence-corrected chi connectivity index (χ3v) is 5.66. The van der Waals surface area contributed by atoms with Crippen molar-refractivity contribution in [2.24, 2.45) is 4.36 Å². The van der Waals surface area contributed by atoms with Gasteiger partial charge in [-0.3, -0.25) is 9.36 Å². The molecule has 0 aliphatic heterocycles. The van der Waals surface area contributed by atoms with Crippen LogP contribution in [0.1, 0.15) is 176 Å². The van der Waals surface area contributed by atoms with Gasteiger partial charge in [-0.1, -0.05) is 71.3 Å². The highest BCUT2D eigenvalue weighted by Crippen LogP contribution is 2.31. The van der Waals surface area contributed by atoms with Gasteiger partial charge in [0.05, 0.1) is 5.54 Å². The number of hydrogen-bond donors (Lipinski definition) is 1. The minimum absolute atomic E-state index is 0.0678. The first kappa shape index (κ1) is 53.6. The molecular weight excluding hydrogens is 706 g/mol. The van der Waals surface area contributed by atoms with E-state index in [0.717, 1.165) is 24.1 Å². The zero-order valence-corrected chi connectivity index (χ0v) is 37.7. The maximum atomic E-state index is 12.3. The summed E-state index contributed by atoms with van der Waals surface area (Å²) in [6.07, 6.45) is 0. The second kappa shape index (κ2) is 22.6. The van der Waals surface area contributed by atoms with Crippen molar-refractivity contribution >= 4 is 40.3 Å². The van der Waals surface area contributed by atoms with Crippen molar-refractivity contribution in [1.82, 2.24) is 19.6 Å². The molecule has 0 fully saturated rings. The van der Waals surface area contributed by atoms with Crippen molar-refractivity contribution in [2.45, 2.75) is 172 Å². The molecule has 0 spiro atoms. The number of halogens is 1. The number of carbonyl (C=O) groups is 2. The highest BCUT2D eigenvalue weighted by atomic mass is 79.9. The minimum Gasteiger partial charge on any atom is -0.455 e. The molecule has 12 heteroatoms. The van der Waals surface area contributed by atoms with Gasteiger partial charge in [-0.2, -0.15) is 10.2 Å². The monoisotopic (exact) mass is 777 g/mol. The summed E-state index contributed by atoms with van der Waals surface area (Å²) in [7, 11) is 2.56. The summed E-state index contributed by atoms with van der Waals surface area (Å²) < 4.78 is 17.8. The Morgan fingerprint density at radius 2 is 1.16 bits per heavy atom. The molecule has 288 valence electrons. The van der Waals surface area contributed by atoms with Gasteiger partial charge >= 0.3 is 11.9 Å². The normalized spacial score (nSPS) is 11.4. The number of alkyl halides is 1. The lowest BCUT2D eigenvalue weighted by molar-refractivity contribution is 0.00487. The van der Waals surface area contributed by atoms with E-state index in [9.17, 15) is 9.59 Å². The summed E-state index contributed by atoms with van der Waals surface area (Å²) in [5.74, 6) is 1.10. The van der Waals surface area contributed by atoms with Crippen LogP contribution in [-0.4, -0.2) is 67.8 Å². The predicted octanol–water partition coefficient (Wildman–Crippen LogP) is 9.91. The van der Waals surface area contributed by atoms with E-state index in [-0.39, 0.29) is 34.3 Å². The highest BCUT2D eigenvalue weighted by Gasteiger charge is 2.32. The van der Waals surface area contributed by atoms with Crippen LogP contribution in [0.5, 0.6) is 0 Å². The molecule has 0 bridgehead atoms. The summed E-state index contributed by atoms with van der Waals surface area (Å²) in [4.78, 5) is 24.5. The van der Waals surface area contributed by atoms with Crippen LogP contribution in [0.15, 0.2) is 10.4 Å². The molecule has 2 rings (SSSR count). The first-order chi connectivity index (χ1) is 22.0. The van der Waals surface area contributed by atoms with Gasteiger partial charge in [-0.05, 0) is 95.0 Å². The summed E-state index contributed by atoms with van der Waals surface area (Å²) in [5, 5.41) is 16.0. The summed E-state index contributed by atoms with van der Waals surface area (Å²) in [6, 6.07) is 2.05. The molecule has 0 amide bonds. The van der Waals surface area contributed by atoms with Crippen LogP contribution in [0.4, 0.5) is 0 Å². The average molecular weight is 779 g/mol. The van der Waals surface area contributed by atoms with Crippen LogP contribution in [0.3, 0.4) is 0 Å². The van der Waals surface area contributed by atoms with Gasteiger partial charge in [0.1, 0.15) is 11.2 Å². The molecule has 49 heavy (non-hydrogen) atoms. The molecule has 0 unspecified atom stereocenters. The standard InChI is InChI=1S/2C16H28N2O2.C2H6.CH3Br.CH3NS.CH4O/c1-14(2,3)12-10-11(13(19)20-16(7,8)9)17-18(12)15(4,5)6;1-10(2)18-13(15(4,5)6)11(3)12(17-18)14(19)20-16(7,8)9;2*1-2;1-2-3;1-2/h2*10H,1-9H3;1-2H3;1H3;1H3;2H,1H3. The Morgan fingerprint density at radius 3 is 1.41 bits per heavy atom. The Labute approximate surface area is 313 Å². The molecule has 2 heterocycles. The molecule has 0 aliphatic carbocycles. The zero-order chi connectivity index (χ0) is 40.5. The van der Waals surface area contributed by atoms with Crippen molar-refractivity contribution < 1.29 is 24.2 Å². The molecule has 0 saturated carbocycles. The largest absolute Gasteiger partial charge is 0.455 e. The zero-order valence-electron chi connectivity index (χ0n) is 35.3. The topological polar surface area (TPSA) is 121 Å². The van der Waals surface area contributed by atoms with Crippen LogP contribution in [0.2, 0.25) is 0 Å². The maximum absolute atomic E-state index is 12.3. The van der Waals surface area contributed by atoms with Crippen molar-refractivity contribution in [3.05, 3.63) is 34.4 Å². The smallest absolute Gasteiger partial charge is 0.359 e. The third-order valence-electron chi connectivity index (χ3n) is 5.66. The molecule has 0 saturated heterocycles. The number of aromatic nitrogens is 4. The summed E-state index contributed by atoms with van der Waals surface area (Å²) in [6.45, 7) is 40.2. The lowest BCUT2D eigenvalue weighted by atomic mass is 9.88. The molecule has 0 aliphatic rings. The van der Waals surface area contributed by atoms with Crippen LogP contribution in [-0.2, 0) is 38.3 Å². The molecule has 0 atom stereocenters. The molecule has 0 radical (unpaired) electrons. The van der Waals surface area contributed by atoms with E-state index in [1.165, 1.54) is 0 Å². The van der Waals surface area contributed by atoms with Crippen LogP contribution >= 0.6 is 15.9 Å². The van der Waals surface area contributed by atoms with E-state index in [1.807, 2.05) is 83.6 Å². The van der Waals surface area contributed by atoms with Gasteiger partial charge in [0.15, 0.2) is 11.4 Å². The highest BCUT2D eigenvalue weighted by molar-refractivity contribution is 9.08. The number of ether oxygens (including phenoxy) is 2. The van der Waals surface area contributed by atoms with Crippen molar-refractivity contribution in [3.63, 3.8) is 0 Å². The number of nitrogens with zero attached hydrogens (tertiary/aromatic N) is 5. The second-order valence-corrected chi connectivity index (χ2v) is 16.4. The fraction of sp³-hybridized carbons (Fsp3) is 0.784. The summed E-state index contributed by atoms with van der Waals surface area (Å²) in [5.41, 5.74) is 2.50. The molecular formula is C37H72BrN5O5S. The Bertz CT molecular complexity index is 1220. The predicted molar refractivity (Wildman–Crippen MR) is 212 cm³/mol. The lowest BCUT2D eigenvalue weighted by Gasteiger charge is -2.28. The van der Waals surface area contributed by atoms with E-state index in [1.54, 1.807) is 7.05 Å². The van der Waals surface area contributed by atoms with Crippen molar-refractivity contribution in [3.8, 4) is 0 Å². The van der Waals surface area contributed by atoms with Gasteiger partial charge in [-0.15, -0.1) is 0 Å². The fourth-order valence-corrected chi connectivity index (χ4v) is 4.17. The van der Waals surface area contributed by atoms with Crippen molar-refractivity contribution in [2.75, 3.05) is 20.0 Å². The number of aliphatic hydroxyl groups is 1. The molecule has 10 nitrogen and oxygen atoms in total. The van der Waals surface area contributed by atoms with Gasteiger partial charge in [-0.25, -0.2) is 14.0 Å². The number of rotatable bonds is 3. The second-order valence-electron chi connectivity index (χ2n) is 16.0. The molecule has 0 aromatic carbocycles. The van der Waals surface area contributed by atoms with Crippen LogP contribution < -0.4 is 0 Å². The van der Waals surface area contributed by atoms with Crippen LogP contribution in [0, 0.1) is 6.92 Å². The number of esters is 2.